The average molecular weight is 344 g/mol. The number of ether oxygens (including phenoxy) is 1. The van der Waals surface area contributed by atoms with Crippen molar-refractivity contribution in [1.82, 2.24) is 0 Å². The van der Waals surface area contributed by atoms with Gasteiger partial charge in [-0.3, -0.25) is 0 Å². The smallest absolute Gasteiger partial charge is 0.119 e. The van der Waals surface area contributed by atoms with Crippen LogP contribution in [0.15, 0.2) is 18.2 Å². The maximum atomic E-state index is 10.5. The van der Waals surface area contributed by atoms with Gasteiger partial charge >= 0.3 is 0 Å². The summed E-state index contributed by atoms with van der Waals surface area (Å²) in [5, 5.41) is 20.8. The zero-order valence-electron chi connectivity index (χ0n) is 15.8. The lowest BCUT2D eigenvalue weighted by Gasteiger charge is -2.55. The van der Waals surface area contributed by atoms with E-state index in [0.717, 1.165) is 31.4 Å². The number of aryl methyl sites for hydroxylation is 1. The predicted molar refractivity (Wildman–Crippen MR) is 98.8 cm³/mol. The van der Waals surface area contributed by atoms with Gasteiger partial charge in [-0.25, -0.2) is 0 Å². The summed E-state index contributed by atoms with van der Waals surface area (Å²) in [6.07, 6.45) is 6.30. The van der Waals surface area contributed by atoms with Crippen LogP contribution in [0.3, 0.4) is 0 Å². The lowest BCUT2D eigenvalue weighted by Crippen LogP contribution is -2.53. The van der Waals surface area contributed by atoms with E-state index in [-0.39, 0.29) is 17.4 Å². The van der Waals surface area contributed by atoms with Gasteiger partial charge in [0.25, 0.3) is 0 Å². The minimum atomic E-state index is -0.441. The number of rotatable bonds is 3. The van der Waals surface area contributed by atoms with E-state index in [2.05, 4.69) is 25.1 Å². The Balaban J connectivity index is 1.68. The molecular weight excluding hydrogens is 312 g/mol. The Morgan fingerprint density at radius 2 is 2.04 bits per heavy atom. The summed E-state index contributed by atoms with van der Waals surface area (Å²) in [5.74, 6) is 2.90. The van der Waals surface area contributed by atoms with Gasteiger partial charge in [0, 0.05) is 5.41 Å². The van der Waals surface area contributed by atoms with Crippen LogP contribution >= 0.6 is 0 Å². The Labute approximate surface area is 151 Å². The van der Waals surface area contributed by atoms with E-state index in [1.807, 2.05) is 6.92 Å². The second-order valence-corrected chi connectivity index (χ2v) is 8.97. The first-order valence-electron chi connectivity index (χ1n) is 9.92. The van der Waals surface area contributed by atoms with E-state index in [0.29, 0.717) is 17.8 Å². The van der Waals surface area contributed by atoms with E-state index < -0.39 is 6.10 Å². The fourth-order valence-electron chi connectivity index (χ4n) is 6.93. The van der Waals surface area contributed by atoms with Gasteiger partial charge in [-0.15, -0.1) is 0 Å². The molecule has 3 aliphatic rings. The lowest BCUT2D eigenvalue weighted by atomic mass is 9.50. The topological polar surface area (TPSA) is 49.7 Å². The van der Waals surface area contributed by atoms with Crippen molar-refractivity contribution in [3.05, 3.63) is 29.3 Å². The Morgan fingerprint density at radius 1 is 1.24 bits per heavy atom. The minimum Gasteiger partial charge on any atom is -0.497 e. The molecule has 0 bridgehead atoms. The first-order valence-corrected chi connectivity index (χ1v) is 9.92. The zero-order valence-corrected chi connectivity index (χ0v) is 15.8. The van der Waals surface area contributed by atoms with Crippen LogP contribution < -0.4 is 4.74 Å². The number of methoxy groups -OCH3 is 1. The van der Waals surface area contributed by atoms with Crippen LogP contribution in [0.5, 0.6) is 5.75 Å². The van der Waals surface area contributed by atoms with Crippen molar-refractivity contribution in [2.75, 3.05) is 13.7 Å². The fraction of sp³-hybridized carbons (Fsp3) is 0.727. The molecule has 2 N–H and O–H groups in total. The molecule has 0 saturated heterocycles. The van der Waals surface area contributed by atoms with E-state index in [1.54, 1.807) is 7.11 Å². The monoisotopic (exact) mass is 344 g/mol. The fourth-order valence-corrected chi connectivity index (χ4v) is 6.93. The molecule has 4 rings (SSSR count). The average Bonchev–Trinajstić information content (AvgIpc) is 2.94. The Kier molecular flexibility index (Phi) is 4.16. The van der Waals surface area contributed by atoms with Gasteiger partial charge in [-0.05, 0) is 91.9 Å². The van der Waals surface area contributed by atoms with Crippen LogP contribution in [0.1, 0.15) is 63.0 Å². The SMILES string of the molecule is COc1ccc2c(c1)CC[C@@H]1[C@@H]2CC[C@@]2(C)[C@H]1CC[C@]2(CO)C(C)O. The molecule has 0 amide bonds. The summed E-state index contributed by atoms with van der Waals surface area (Å²) in [5.41, 5.74) is 2.73. The Hall–Kier alpha value is -1.06. The van der Waals surface area contributed by atoms with E-state index in [1.165, 1.54) is 24.0 Å². The van der Waals surface area contributed by atoms with Crippen molar-refractivity contribution in [3.8, 4) is 5.75 Å². The zero-order chi connectivity index (χ0) is 17.8. The summed E-state index contributed by atoms with van der Waals surface area (Å²) in [4.78, 5) is 0. The summed E-state index contributed by atoms with van der Waals surface area (Å²) in [6, 6.07) is 6.62. The second kappa shape index (κ2) is 5.99. The van der Waals surface area contributed by atoms with Crippen LogP contribution in [-0.4, -0.2) is 30.0 Å². The molecule has 1 unspecified atom stereocenters. The van der Waals surface area contributed by atoms with Crippen molar-refractivity contribution in [3.63, 3.8) is 0 Å². The van der Waals surface area contributed by atoms with Crippen LogP contribution in [0, 0.1) is 22.7 Å². The molecule has 3 aliphatic carbocycles. The minimum absolute atomic E-state index is 0.0566. The van der Waals surface area contributed by atoms with Gasteiger partial charge in [0.2, 0.25) is 0 Å². The lowest BCUT2D eigenvalue weighted by molar-refractivity contribution is -0.116. The number of benzene rings is 1. The summed E-state index contributed by atoms with van der Waals surface area (Å²) < 4.78 is 5.41. The molecule has 1 aromatic rings. The molecule has 25 heavy (non-hydrogen) atoms. The molecule has 2 saturated carbocycles. The van der Waals surface area contributed by atoms with Crippen molar-refractivity contribution in [1.29, 1.82) is 0 Å². The van der Waals surface area contributed by atoms with E-state index in [4.69, 9.17) is 4.74 Å². The predicted octanol–water partition coefficient (Wildman–Crippen LogP) is 3.91. The Bertz CT molecular complexity index is 655. The quantitative estimate of drug-likeness (QED) is 0.874. The molecule has 0 aromatic heterocycles. The molecule has 0 aliphatic heterocycles. The van der Waals surface area contributed by atoms with E-state index >= 15 is 0 Å². The van der Waals surface area contributed by atoms with Gasteiger partial charge in [-0.1, -0.05) is 13.0 Å². The van der Waals surface area contributed by atoms with Gasteiger partial charge in [0.15, 0.2) is 0 Å². The molecule has 3 heteroatoms. The van der Waals surface area contributed by atoms with Crippen molar-refractivity contribution >= 4 is 0 Å². The molecule has 0 spiro atoms. The van der Waals surface area contributed by atoms with Gasteiger partial charge in [0.1, 0.15) is 5.75 Å². The molecule has 2 fully saturated rings. The maximum Gasteiger partial charge on any atom is 0.119 e. The highest BCUT2D eigenvalue weighted by Gasteiger charge is 2.63. The van der Waals surface area contributed by atoms with Crippen LogP contribution in [0.25, 0.3) is 0 Å². The standard InChI is InChI=1S/C22H32O3/c1-14(24)22(13-23)11-9-20-19-6-4-15-12-16(25-3)5-7-17(15)18(19)8-10-21(20,22)2/h5,7,12,14,18-20,23-24H,4,6,8-11,13H2,1-3H3/t14?,18-,19-,20+,21+,22+/m1/s1. The number of aliphatic hydroxyl groups is 2. The second-order valence-electron chi connectivity index (χ2n) is 8.97. The molecule has 0 radical (unpaired) electrons. The highest BCUT2D eigenvalue weighted by atomic mass is 16.5. The molecule has 0 heterocycles. The van der Waals surface area contributed by atoms with Gasteiger partial charge < -0.3 is 14.9 Å². The third-order valence-corrected chi connectivity index (χ3v) is 8.44. The van der Waals surface area contributed by atoms with Gasteiger partial charge in [0.05, 0.1) is 19.8 Å². The number of hydrogen-bond donors (Lipinski definition) is 2. The largest absolute Gasteiger partial charge is 0.497 e. The summed E-state index contributed by atoms with van der Waals surface area (Å²) >= 11 is 0. The molecule has 138 valence electrons. The van der Waals surface area contributed by atoms with Crippen molar-refractivity contribution < 1.29 is 14.9 Å². The van der Waals surface area contributed by atoms with E-state index in [9.17, 15) is 10.2 Å². The number of hydrogen-bond acceptors (Lipinski definition) is 3. The third kappa shape index (κ3) is 2.24. The molecular formula is C22H32O3. The number of fused-ring (bicyclic) bond motifs is 5. The number of aliphatic hydroxyl groups excluding tert-OH is 2. The summed E-state index contributed by atoms with van der Waals surface area (Å²) in [7, 11) is 1.74. The highest BCUT2D eigenvalue weighted by molar-refractivity contribution is 5.40. The third-order valence-electron chi connectivity index (χ3n) is 8.44. The van der Waals surface area contributed by atoms with Crippen molar-refractivity contribution in [2.24, 2.45) is 22.7 Å². The molecule has 1 aromatic carbocycles. The first-order chi connectivity index (χ1) is 12.0. The summed E-state index contributed by atoms with van der Waals surface area (Å²) in [6.45, 7) is 4.36. The first kappa shape index (κ1) is 17.4. The molecule has 3 nitrogen and oxygen atoms in total. The Morgan fingerprint density at radius 3 is 2.72 bits per heavy atom. The van der Waals surface area contributed by atoms with Crippen LogP contribution in [0.4, 0.5) is 0 Å². The normalized spacial score (nSPS) is 40.8. The van der Waals surface area contributed by atoms with Crippen LogP contribution in [-0.2, 0) is 6.42 Å². The van der Waals surface area contributed by atoms with Crippen LogP contribution in [0.2, 0.25) is 0 Å². The molecule has 6 atom stereocenters. The van der Waals surface area contributed by atoms with Gasteiger partial charge in [-0.2, -0.15) is 0 Å². The van der Waals surface area contributed by atoms with Crippen molar-refractivity contribution in [2.45, 2.75) is 64.4 Å². The maximum absolute atomic E-state index is 10.5. The highest BCUT2D eigenvalue weighted by Crippen LogP contribution is 2.68.